The Kier molecular flexibility index (Phi) is 5.19. The number of nitrogens with one attached hydrogen (secondary N) is 1. The fourth-order valence-corrected chi connectivity index (χ4v) is 2.15. The van der Waals surface area contributed by atoms with Gasteiger partial charge in [0.25, 0.3) is 0 Å². The lowest BCUT2D eigenvalue weighted by Gasteiger charge is -2.10. The maximum absolute atomic E-state index is 5.88. The molecule has 0 bridgehead atoms. The van der Waals surface area contributed by atoms with Crippen LogP contribution in [0.3, 0.4) is 0 Å². The molecule has 0 saturated heterocycles. The zero-order chi connectivity index (χ0) is 14.4. The molecule has 2 aromatic rings. The lowest BCUT2D eigenvalue weighted by Crippen LogP contribution is -2.11. The van der Waals surface area contributed by atoms with Crippen LogP contribution in [-0.4, -0.2) is 6.54 Å². The van der Waals surface area contributed by atoms with Gasteiger partial charge < -0.3 is 10.1 Å². The number of aryl methyl sites for hydroxylation is 2. The molecule has 2 nitrogen and oxygen atoms in total. The lowest BCUT2D eigenvalue weighted by atomic mass is 10.1. The molecular weight excluding hydrogens is 246 g/mol. The van der Waals surface area contributed by atoms with Crippen LogP contribution in [0.5, 0.6) is 5.75 Å². The van der Waals surface area contributed by atoms with E-state index in [4.69, 9.17) is 4.74 Å². The summed E-state index contributed by atoms with van der Waals surface area (Å²) in [5.74, 6) is 0.965. The second kappa shape index (κ2) is 7.11. The van der Waals surface area contributed by atoms with Gasteiger partial charge in [-0.1, -0.05) is 48.9 Å². The van der Waals surface area contributed by atoms with Crippen molar-refractivity contribution in [2.45, 2.75) is 33.9 Å². The van der Waals surface area contributed by atoms with E-state index in [-0.39, 0.29) is 0 Å². The molecule has 0 radical (unpaired) electrons. The molecular formula is C18H23NO. The highest BCUT2D eigenvalue weighted by atomic mass is 16.5. The first-order valence-electron chi connectivity index (χ1n) is 7.17. The molecule has 2 aromatic carbocycles. The first kappa shape index (κ1) is 14.6. The molecule has 0 saturated carbocycles. The Morgan fingerprint density at radius 1 is 0.950 bits per heavy atom. The van der Waals surface area contributed by atoms with E-state index in [9.17, 15) is 0 Å². The van der Waals surface area contributed by atoms with Gasteiger partial charge in [0.2, 0.25) is 0 Å². The van der Waals surface area contributed by atoms with Crippen molar-refractivity contribution < 1.29 is 4.74 Å². The zero-order valence-electron chi connectivity index (χ0n) is 12.6. The normalized spacial score (nSPS) is 10.6. The van der Waals surface area contributed by atoms with E-state index in [1.165, 1.54) is 22.3 Å². The van der Waals surface area contributed by atoms with Crippen LogP contribution in [0.1, 0.15) is 29.2 Å². The van der Waals surface area contributed by atoms with E-state index in [1.807, 2.05) is 6.07 Å². The summed E-state index contributed by atoms with van der Waals surface area (Å²) in [6.45, 7) is 8.84. The van der Waals surface area contributed by atoms with Crippen molar-refractivity contribution in [3.63, 3.8) is 0 Å². The fourth-order valence-electron chi connectivity index (χ4n) is 2.15. The Balaban J connectivity index is 1.93. The molecule has 2 heteroatoms. The minimum absolute atomic E-state index is 0.616. The van der Waals surface area contributed by atoms with E-state index in [0.717, 1.165) is 18.8 Å². The largest absolute Gasteiger partial charge is 0.489 e. The number of rotatable bonds is 6. The van der Waals surface area contributed by atoms with E-state index < -0.39 is 0 Å². The van der Waals surface area contributed by atoms with Crippen molar-refractivity contribution in [3.8, 4) is 5.75 Å². The molecule has 2 rings (SSSR count). The van der Waals surface area contributed by atoms with Crippen LogP contribution in [0.4, 0.5) is 0 Å². The molecule has 106 valence electrons. The third-order valence-corrected chi connectivity index (χ3v) is 3.33. The van der Waals surface area contributed by atoms with Crippen LogP contribution in [0.2, 0.25) is 0 Å². The van der Waals surface area contributed by atoms with Crippen molar-refractivity contribution in [2.75, 3.05) is 6.54 Å². The maximum atomic E-state index is 5.88. The van der Waals surface area contributed by atoms with Gasteiger partial charge in [-0.3, -0.25) is 0 Å². The van der Waals surface area contributed by atoms with Crippen LogP contribution in [-0.2, 0) is 13.2 Å². The highest BCUT2D eigenvalue weighted by molar-refractivity contribution is 5.36. The van der Waals surface area contributed by atoms with Gasteiger partial charge in [-0.2, -0.15) is 0 Å². The number of hydrogen-bond acceptors (Lipinski definition) is 2. The van der Waals surface area contributed by atoms with Gasteiger partial charge in [0.1, 0.15) is 12.4 Å². The predicted molar refractivity (Wildman–Crippen MR) is 84.1 cm³/mol. The van der Waals surface area contributed by atoms with Gasteiger partial charge in [-0.25, -0.2) is 0 Å². The number of benzene rings is 2. The third-order valence-electron chi connectivity index (χ3n) is 3.33. The van der Waals surface area contributed by atoms with E-state index in [0.29, 0.717) is 6.61 Å². The topological polar surface area (TPSA) is 21.3 Å². The second-order valence-electron chi connectivity index (χ2n) is 5.15. The standard InChI is InChI=1S/C18H23NO/c1-4-19-12-16-6-8-17(9-7-16)13-20-18-10-5-14(2)11-15(18)3/h5-11,19H,4,12-13H2,1-3H3. The molecule has 0 aromatic heterocycles. The van der Waals surface area contributed by atoms with Gasteiger partial charge in [0.15, 0.2) is 0 Å². The fraction of sp³-hybridized carbons (Fsp3) is 0.333. The molecule has 1 N–H and O–H groups in total. The summed E-state index contributed by atoms with van der Waals surface area (Å²) in [4.78, 5) is 0. The van der Waals surface area contributed by atoms with E-state index in [1.54, 1.807) is 0 Å². The predicted octanol–water partition coefficient (Wildman–Crippen LogP) is 3.99. The van der Waals surface area contributed by atoms with Crippen molar-refractivity contribution in [3.05, 3.63) is 64.7 Å². The second-order valence-corrected chi connectivity index (χ2v) is 5.15. The summed E-state index contributed by atoms with van der Waals surface area (Å²) in [6.07, 6.45) is 0. The monoisotopic (exact) mass is 269 g/mol. The summed E-state index contributed by atoms with van der Waals surface area (Å²) in [7, 11) is 0. The minimum Gasteiger partial charge on any atom is -0.489 e. The SMILES string of the molecule is CCNCc1ccc(COc2ccc(C)cc2C)cc1. The molecule has 0 atom stereocenters. The van der Waals surface area contributed by atoms with Crippen LogP contribution in [0.25, 0.3) is 0 Å². The Morgan fingerprint density at radius 3 is 2.30 bits per heavy atom. The molecule has 0 spiro atoms. The van der Waals surface area contributed by atoms with Crippen molar-refractivity contribution in [1.82, 2.24) is 5.32 Å². The molecule has 20 heavy (non-hydrogen) atoms. The average molecular weight is 269 g/mol. The van der Waals surface area contributed by atoms with Crippen LogP contribution < -0.4 is 10.1 Å². The molecule has 0 heterocycles. The van der Waals surface area contributed by atoms with E-state index >= 15 is 0 Å². The van der Waals surface area contributed by atoms with Gasteiger partial charge in [0.05, 0.1) is 0 Å². The maximum Gasteiger partial charge on any atom is 0.122 e. The zero-order valence-corrected chi connectivity index (χ0v) is 12.6. The highest BCUT2D eigenvalue weighted by Crippen LogP contribution is 2.20. The summed E-state index contributed by atoms with van der Waals surface area (Å²) >= 11 is 0. The quantitative estimate of drug-likeness (QED) is 0.856. The molecule has 0 aliphatic carbocycles. The molecule has 0 aliphatic rings. The molecule has 0 amide bonds. The Labute approximate surface area is 121 Å². The Bertz CT molecular complexity index is 546. The molecule has 0 aliphatic heterocycles. The summed E-state index contributed by atoms with van der Waals surface area (Å²) in [6, 6.07) is 14.9. The minimum atomic E-state index is 0.616. The summed E-state index contributed by atoms with van der Waals surface area (Å²) < 4.78 is 5.88. The number of hydrogen-bond donors (Lipinski definition) is 1. The highest BCUT2D eigenvalue weighted by Gasteiger charge is 2.01. The third kappa shape index (κ3) is 4.10. The lowest BCUT2D eigenvalue weighted by molar-refractivity contribution is 0.304. The van der Waals surface area contributed by atoms with Crippen molar-refractivity contribution in [2.24, 2.45) is 0 Å². The van der Waals surface area contributed by atoms with Gasteiger partial charge >= 0.3 is 0 Å². The van der Waals surface area contributed by atoms with Crippen LogP contribution in [0, 0.1) is 13.8 Å². The summed E-state index contributed by atoms with van der Waals surface area (Å²) in [5, 5.41) is 3.32. The number of ether oxygens (including phenoxy) is 1. The average Bonchev–Trinajstić information content (AvgIpc) is 2.45. The Morgan fingerprint density at radius 2 is 1.65 bits per heavy atom. The molecule has 0 unspecified atom stereocenters. The summed E-state index contributed by atoms with van der Waals surface area (Å²) in [5.41, 5.74) is 4.96. The van der Waals surface area contributed by atoms with Crippen LogP contribution >= 0.6 is 0 Å². The first-order chi connectivity index (χ1) is 9.69. The van der Waals surface area contributed by atoms with Crippen LogP contribution in [0.15, 0.2) is 42.5 Å². The van der Waals surface area contributed by atoms with Gasteiger partial charge in [0, 0.05) is 6.54 Å². The van der Waals surface area contributed by atoms with Crippen molar-refractivity contribution >= 4 is 0 Å². The van der Waals surface area contributed by atoms with Crippen molar-refractivity contribution in [1.29, 1.82) is 0 Å². The smallest absolute Gasteiger partial charge is 0.122 e. The Hall–Kier alpha value is -1.80. The van der Waals surface area contributed by atoms with Gasteiger partial charge in [-0.05, 0) is 43.1 Å². The molecule has 0 fully saturated rings. The first-order valence-corrected chi connectivity index (χ1v) is 7.17. The van der Waals surface area contributed by atoms with E-state index in [2.05, 4.69) is 62.5 Å². The van der Waals surface area contributed by atoms with Gasteiger partial charge in [-0.15, -0.1) is 0 Å².